The number of aromatic nitrogens is 1. The van der Waals surface area contributed by atoms with Gasteiger partial charge in [-0.3, -0.25) is 4.79 Å². The fourth-order valence-electron chi connectivity index (χ4n) is 2.71. The third-order valence-electron chi connectivity index (χ3n) is 4.08. The average molecular weight is 527 g/mol. The summed E-state index contributed by atoms with van der Waals surface area (Å²) < 4.78 is 12.2. The maximum absolute atomic E-state index is 12.3. The highest BCUT2D eigenvalue weighted by molar-refractivity contribution is 9.10. The van der Waals surface area contributed by atoms with Crippen LogP contribution in [-0.4, -0.2) is 17.5 Å². The number of rotatable bonds is 5. The Hall–Kier alpha value is -2.25. The molecule has 152 valence electrons. The molecule has 0 fully saturated rings. The van der Waals surface area contributed by atoms with Crippen LogP contribution in [0.15, 0.2) is 63.5 Å². The highest BCUT2D eigenvalue weighted by Crippen LogP contribution is 2.34. The third-order valence-corrected chi connectivity index (χ3v) is 5.59. The summed E-state index contributed by atoms with van der Waals surface area (Å²) in [7, 11) is 0. The first-order chi connectivity index (χ1) is 14.4. The molecule has 4 rings (SSSR count). The van der Waals surface area contributed by atoms with Crippen LogP contribution < -0.4 is 10.1 Å². The SMILES string of the molecule is O=C(COc1cc(Cl)c(Cl)cc1Cl)Nc1ccc2oc(-c3cccc(Br)c3)nc2c1. The van der Waals surface area contributed by atoms with Crippen LogP contribution in [0.25, 0.3) is 22.6 Å². The predicted molar refractivity (Wildman–Crippen MR) is 123 cm³/mol. The predicted octanol–water partition coefficient (Wildman–Crippen LogP) is 7.24. The zero-order chi connectivity index (χ0) is 21.3. The Morgan fingerprint density at radius 3 is 2.63 bits per heavy atom. The lowest BCUT2D eigenvalue weighted by atomic mass is 10.2. The number of benzene rings is 3. The van der Waals surface area contributed by atoms with Crippen molar-refractivity contribution in [3.05, 3.63) is 74.1 Å². The molecular weight excluding hydrogens is 515 g/mol. The first kappa shape index (κ1) is 21.0. The zero-order valence-electron chi connectivity index (χ0n) is 15.1. The van der Waals surface area contributed by atoms with E-state index in [1.54, 1.807) is 18.2 Å². The molecule has 5 nitrogen and oxygen atoms in total. The molecule has 1 N–H and O–H groups in total. The second-order valence-corrected chi connectivity index (χ2v) is 8.38. The van der Waals surface area contributed by atoms with Crippen molar-refractivity contribution in [1.82, 2.24) is 4.98 Å². The van der Waals surface area contributed by atoms with Crippen molar-refractivity contribution in [2.45, 2.75) is 0 Å². The van der Waals surface area contributed by atoms with Gasteiger partial charge in [-0.25, -0.2) is 4.98 Å². The number of amides is 1. The van der Waals surface area contributed by atoms with Gasteiger partial charge in [-0.15, -0.1) is 0 Å². The van der Waals surface area contributed by atoms with E-state index in [0.717, 1.165) is 10.0 Å². The molecule has 0 saturated carbocycles. The Labute approximate surface area is 195 Å². The van der Waals surface area contributed by atoms with Gasteiger partial charge < -0.3 is 14.5 Å². The lowest BCUT2D eigenvalue weighted by Gasteiger charge is -2.09. The lowest BCUT2D eigenvalue weighted by Crippen LogP contribution is -2.20. The molecule has 0 saturated heterocycles. The minimum absolute atomic E-state index is 0.252. The fraction of sp³-hybridized carbons (Fsp3) is 0.0476. The van der Waals surface area contributed by atoms with Crippen molar-refractivity contribution < 1.29 is 13.9 Å². The molecule has 1 amide bonds. The van der Waals surface area contributed by atoms with Crippen molar-refractivity contribution in [2.75, 3.05) is 11.9 Å². The van der Waals surface area contributed by atoms with E-state index >= 15 is 0 Å². The Morgan fingerprint density at radius 2 is 1.83 bits per heavy atom. The summed E-state index contributed by atoms with van der Waals surface area (Å²) in [5.74, 6) is 0.395. The fourth-order valence-corrected chi connectivity index (χ4v) is 3.70. The van der Waals surface area contributed by atoms with Crippen molar-refractivity contribution in [3.63, 3.8) is 0 Å². The Kier molecular flexibility index (Phi) is 6.20. The molecule has 0 aliphatic heterocycles. The van der Waals surface area contributed by atoms with E-state index in [4.69, 9.17) is 44.0 Å². The number of nitrogens with one attached hydrogen (secondary N) is 1. The smallest absolute Gasteiger partial charge is 0.262 e. The second-order valence-electron chi connectivity index (χ2n) is 6.25. The molecule has 0 bridgehead atoms. The number of anilines is 1. The summed E-state index contributed by atoms with van der Waals surface area (Å²) in [4.78, 5) is 16.8. The molecule has 0 atom stereocenters. The van der Waals surface area contributed by atoms with Crippen LogP contribution in [0.5, 0.6) is 5.75 Å². The molecule has 0 spiro atoms. The molecule has 3 aromatic carbocycles. The summed E-state index contributed by atoms with van der Waals surface area (Å²) >= 11 is 21.3. The van der Waals surface area contributed by atoms with E-state index < -0.39 is 0 Å². The summed E-state index contributed by atoms with van der Waals surface area (Å²) in [6, 6.07) is 15.8. The molecule has 1 aromatic heterocycles. The average Bonchev–Trinajstić information content (AvgIpc) is 3.13. The minimum atomic E-state index is -0.368. The molecular formula is C21H12BrCl3N2O3. The molecule has 4 aromatic rings. The van der Waals surface area contributed by atoms with Gasteiger partial charge in [0, 0.05) is 21.8 Å². The molecule has 0 aliphatic rings. The summed E-state index contributed by atoms with van der Waals surface area (Å²) in [6.07, 6.45) is 0. The Bertz CT molecular complexity index is 1260. The number of carbonyl (C=O) groups excluding carboxylic acids is 1. The van der Waals surface area contributed by atoms with E-state index in [-0.39, 0.29) is 28.3 Å². The maximum Gasteiger partial charge on any atom is 0.262 e. The summed E-state index contributed by atoms with van der Waals surface area (Å²) in [5.41, 5.74) is 2.64. The topological polar surface area (TPSA) is 64.4 Å². The molecule has 0 radical (unpaired) electrons. The molecule has 1 heterocycles. The van der Waals surface area contributed by atoms with Crippen molar-refractivity contribution >= 4 is 73.4 Å². The van der Waals surface area contributed by atoms with Crippen molar-refractivity contribution in [2.24, 2.45) is 0 Å². The highest BCUT2D eigenvalue weighted by atomic mass is 79.9. The number of nitrogens with zero attached hydrogens (tertiary/aromatic N) is 1. The molecule has 9 heteroatoms. The van der Waals surface area contributed by atoms with Crippen LogP contribution in [0.2, 0.25) is 15.1 Å². The second kappa shape index (κ2) is 8.86. The van der Waals surface area contributed by atoms with E-state index in [1.807, 2.05) is 24.3 Å². The van der Waals surface area contributed by atoms with Crippen LogP contribution in [0.3, 0.4) is 0 Å². The van der Waals surface area contributed by atoms with Gasteiger partial charge in [0.25, 0.3) is 5.91 Å². The molecule has 0 aliphatic carbocycles. The van der Waals surface area contributed by atoms with Crippen molar-refractivity contribution in [1.29, 1.82) is 0 Å². The normalized spacial score (nSPS) is 10.9. The van der Waals surface area contributed by atoms with Crippen LogP contribution in [0.1, 0.15) is 0 Å². The van der Waals surface area contributed by atoms with Crippen molar-refractivity contribution in [3.8, 4) is 17.2 Å². The maximum atomic E-state index is 12.3. The first-order valence-electron chi connectivity index (χ1n) is 8.63. The van der Waals surface area contributed by atoms with Gasteiger partial charge >= 0.3 is 0 Å². The number of ether oxygens (including phenoxy) is 1. The van der Waals surface area contributed by atoms with Crippen LogP contribution in [-0.2, 0) is 4.79 Å². The summed E-state index contributed by atoms with van der Waals surface area (Å²) in [5, 5.41) is 3.61. The number of fused-ring (bicyclic) bond motifs is 1. The quantitative estimate of drug-likeness (QED) is 0.279. The highest BCUT2D eigenvalue weighted by Gasteiger charge is 2.12. The molecule has 0 unspecified atom stereocenters. The Balaban J connectivity index is 1.46. The number of halogens is 4. The van der Waals surface area contributed by atoms with Crippen LogP contribution >= 0.6 is 50.7 Å². The standard InChI is InChI=1S/C21H12BrCl3N2O3/c22-12-3-1-2-11(6-12)21-27-17-7-13(4-5-18(17)30-21)26-20(28)10-29-19-9-15(24)14(23)8-16(19)25/h1-9H,10H2,(H,26,28). The minimum Gasteiger partial charge on any atom is -0.482 e. The van der Waals surface area contributed by atoms with Gasteiger partial charge in [-0.2, -0.15) is 0 Å². The van der Waals surface area contributed by atoms with Gasteiger partial charge in [0.05, 0.1) is 15.1 Å². The van der Waals surface area contributed by atoms with Gasteiger partial charge in [0.15, 0.2) is 12.2 Å². The van der Waals surface area contributed by atoms with Crippen LogP contribution in [0, 0.1) is 0 Å². The first-order valence-corrected chi connectivity index (χ1v) is 10.6. The lowest BCUT2D eigenvalue weighted by molar-refractivity contribution is -0.118. The third kappa shape index (κ3) is 4.73. The zero-order valence-corrected chi connectivity index (χ0v) is 18.9. The molecule has 30 heavy (non-hydrogen) atoms. The number of hydrogen-bond acceptors (Lipinski definition) is 4. The van der Waals surface area contributed by atoms with E-state index in [2.05, 4.69) is 26.2 Å². The Morgan fingerprint density at radius 1 is 1.03 bits per heavy atom. The van der Waals surface area contributed by atoms with E-state index in [9.17, 15) is 4.79 Å². The van der Waals surface area contributed by atoms with E-state index in [1.165, 1.54) is 12.1 Å². The van der Waals surface area contributed by atoms with Gasteiger partial charge in [0.1, 0.15) is 11.3 Å². The van der Waals surface area contributed by atoms with Gasteiger partial charge in [-0.1, -0.05) is 56.8 Å². The largest absolute Gasteiger partial charge is 0.482 e. The number of oxazole rings is 1. The van der Waals surface area contributed by atoms with Gasteiger partial charge in [0.2, 0.25) is 5.89 Å². The van der Waals surface area contributed by atoms with Gasteiger partial charge in [-0.05, 0) is 42.5 Å². The number of hydrogen-bond donors (Lipinski definition) is 1. The van der Waals surface area contributed by atoms with E-state index in [0.29, 0.717) is 27.7 Å². The van der Waals surface area contributed by atoms with Crippen LogP contribution in [0.4, 0.5) is 5.69 Å². The summed E-state index contributed by atoms with van der Waals surface area (Å²) in [6.45, 7) is -0.252. The monoisotopic (exact) mass is 524 g/mol. The number of carbonyl (C=O) groups is 1.